The maximum atomic E-state index is 12.7. The standard InChI is InChI=1S/C7H9F4NO2/c1-3-12-5(8)4(6(13)14-2)7(9,10)11/h12H,3H2,1-2H3/b5-4+. The minimum absolute atomic E-state index is 0.0671. The highest BCUT2D eigenvalue weighted by Gasteiger charge is 2.43. The van der Waals surface area contributed by atoms with Gasteiger partial charge in [0.2, 0.25) is 5.95 Å². The molecule has 0 aromatic rings. The van der Waals surface area contributed by atoms with Crippen molar-refractivity contribution < 1.29 is 27.1 Å². The molecule has 0 saturated heterocycles. The molecule has 0 bridgehead atoms. The van der Waals surface area contributed by atoms with E-state index in [1.54, 1.807) is 5.32 Å². The molecule has 1 N–H and O–H groups in total. The van der Waals surface area contributed by atoms with E-state index in [-0.39, 0.29) is 6.54 Å². The van der Waals surface area contributed by atoms with Gasteiger partial charge >= 0.3 is 12.1 Å². The van der Waals surface area contributed by atoms with Crippen LogP contribution in [0, 0.1) is 0 Å². The molecule has 0 aliphatic heterocycles. The van der Waals surface area contributed by atoms with Crippen LogP contribution in [0.3, 0.4) is 0 Å². The first-order chi connectivity index (χ1) is 6.34. The zero-order valence-corrected chi connectivity index (χ0v) is 7.54. The molecule has 7 heteroatoms. The fraction of sp³-hybridized carbons (Fsp3) is 0.571. The average Bonchev–Trinajstić information content (AvgIpc) is 2.02. The van der Waals surface area contributed by atoms with Crippen molar-refractivity contribution >= 4 is 5.97 Å². The molecule has 0 radical (unpaired) electrons. The maximum absolute atomic E-state index is 12.7. The van der Waals surface area contributed by atoms with E-state index in [9.17, 15) is 22.4 Å². The molecule has 0 aliphatic carbocycles. The Labute approximate surface area is 77.7 Å². The molecule has 0 aromatic heterocycles. The monoisotopic (exact) mass is 215 g/mol. The second kappa shape index (κ2) is 4.83. The number of rotatable bonds is 3. The summed E-state index contributed by atoms with van der Waals surface area (Å²) in [7, 11) is 0.743. The third-order valence-electron chi connectivity index (χ3n) is 1.22. The van der Waals surface area contributed by atoms with Gasteiger partial charge in [-0.3, -0.25) is 0 Å². The summed E-state index contributed by atoms with van der Waals surface area (Å²) in [5.41, 5.74) is -1.96. The highest BCUT2D eigenvalue weighted by atomic mass is 19.4. The van der Waals surface area contributed by atoms with E-state index in [1.165, 1.54) is 6.92 Å². The number of alkyl halides is 3. The van der Waals surface area contributed by atoms with Crippen molar-refractivity contribution in [3.8, 4) is 0 Å². The van der Waals surface area contributed by atoms with Gasteiger partial charge in [-0.15, -0.1) is 0 Å². The first-order valence-electron chi connectivity index (χ1n) is 3.63. The topological polar surface area (TPSA) is 38.3 Å². The van der Waals surface area contributed by atoms with Gasteiger partial charge in [-0.25, -0.2) is 4.79 Å². The van der Waals surface area contributed by atoms with Gasteiger partial charge in [-0.05, 0) is 6.92 Å². The summed E-state index contributed by atoms with van der Waals surface area (Å²) in [6.45, 7) is 1.33. The van der Waals surface area contributed by atoms with Crippen LogP contribution in [0.4, 0.5) is 17.6 Å². The summed E-state index contributed by atoms with van der Waals surface area (Å²) in [5, 5.41) is 1.76. The second-order valence-corrected chi connectivity index (χ2v) is 2.21. The summed E-state index contributed by atoms with van der Waals surface area (Å²) >= 11 is 0. The van der Waals surface area contributed by atoms with Crippen LogP contribution < -0.4 is 5.32 Å². The van der Waals surface area contributed by atoms with Crippen LogP contribution in [0.2, 0.25) is 0 Å². The lowest BCUT2D eigenvalue weighted by Crippen LogP contribution is -2.26. The molecule has 0 atom stereocenters. The lowest BCUT2D eigenvalue weighted by atomic mass is 10.2. The Morgan fingerprint density at radius 2 is 1.93 bits per heavy atom. The zero-order chi connectivity index (χ0) is 11.4. The maximum Gasteiger partial charge on any atom is 0.427 e. The molecule has 0 unspecified atom stereocenters. The minimum Gasteiger partial charge on any atom is -0.465 e. The summed E-state index contributed by atoms with van der Waals surface area (Å²) in [5.74, 6) is -3.48. The van der Waals surface area contributed by atoms with Crippen molar-refractivity contribution in [1.29, 1.82) is 0 Å². The normalized spacial score (nSPS) is 13.3. The lowest BCUT2D eigenvalue weighted by molar-refractivity contribution is -0.148. The predicted molar refractivity (Wildman–Crippen MR) is 39.9 cm³/mol. The van der Waals surface area contributed by atoms with Gasteiger partial charge in [0.15, 0.2) is 5.57 Å². The molecule has 0 aliphatic rings. The van der Waals surface area contributed by atoms with Crippen molar-refractivity contribution in [2.45, 2.75) is 13.1 Å². The fourth-order valence-corrected chi connectivity index (χ4v) is 0.675. The van der Waals surface area contributed by atoms with E-state index in [2.05, 4.69) is 4.74 Å². The molecule has 0 saturated carbocycles. The van der Waals surface area contributed by atoms with Crippen LogP contribution in [0.25, 0.3) is 0 Å². The molecule has 0 amide bonds. The molecule has 0 heterocycles. The Hall–Kier alpha value is -1.27. The van der Waals surface area contributed by atoms with E-state index < -0.39 is 23.7 Å². The Bertz CT molecular complexity index is 247. The summed E-state index contributed by atoms with van der Waals surface area (Å²) < 4.78 is 52.8. The Morgan fingerprint density at radius 3 is 2.21 bits per heavy atom. The molecular formula is C7H9F4NO2. The van der Waals surface area contributed by atoms with Crippen LogP contribution in [0.15, 0.2) is 11.5 Å². The largest absolute Gasteiger partial charge is 0.465 e. The van der Waals surface area contributed by atoms with Gasteiger partial charge in [0.1, 0.15) is 0 Å². The van der Waals surface area contributed by atoms with Crippen molar-refractivity contribution in [3.05, 3.63) is 11.5 Å². The van der Waals surface area contributed by atoms with Crippen molar-refractivity contribution in [3.63, 3.8) is 0 Å². The number of carbonyl (C=O) groups is 1. The third kappa shape index (κ3) is 3.23. The molecule has 14 heavy (non-hydrogen) atoms. The van der Waals surface area contributed by atoms with Gasteiger partial charge in [-0.2, -0.15) is 17.6 Å². The van der Waals surface area contributed by atoms with Gasteiger partial charge in [0.05, 0.1) is 7.11 Å². The number of methoxy groups -OCH3 is 1. The number of esters is 1. The summed E-state index contributed by atoms with van der Waals surface area (Å²) in [4.78, 5) is 10.6. The van der Waals surface area contributed by atoms with Gasteiger partial charge < -0.3 is 10.1 Å². The minimum atomic E-state index is -5.07. The van der Waals surface area contributed by atoms with Crippen LogP contribution in [0.1, 0.15) is 6.92 Å². The summed E-state index contributed by atoms with van der Waals surface area (Å²) in [6.07, 6.45) is -5.07. The van der Waals surface area contributed by atoms with Gasteiger partial charge in [0, 0.05) is 6.54 Å². The van der Waals surface area contributed by atoms with E-state index >= 15 is 0 Å². The van der Waals surface area contributed by atoms with Crippen LogP contribution in [-0.2, 0) is 9.53 Å². The molecule has 0 fully saturated rings. The molecular weight excluding hydrogens is 206 g/mol. The molecule has 82 valence electrons. The molecule has 0 rings (SSSR count). The quantitative estimate of drug-likeness (QED) is 0.335. The Kier molecular flexibility index (Phi) is 4.39. The number of ether oxygens (including phenoxy) is 1. The number of halogens is 4. The van der Waals surface area contributed by atoms with Crippen molar-refractivity contribution in [2.24, 2.45) is 0 Å². The number of carbonyl (C=O) groups excluding carboxylic acids is 1. The molecule has 3 nitrogen and oxygen atoms in total. The van der Waals surface area contributed by atoms with Gasteiger partial charge in [0.25, 0.3) is 0 Å². The zero-order valence-electron chi connectivity index (χ0n) is 7.54. The first-order valence-corrected chi connectivity index (χ1v) is 3.63. The number of hydrogen-bond donors (Lipinski definition) is 1. The van der Waals surface area contributed by atoms with Crippen LogP contribution >= 0.6 is 0 Å². The fourth-order valence-electron chi connectivity index (χ4n) is 0.675. The van der Waals surface area contributed by atoms with Gasteiger partial charge in [-0.1, -0.05) is 0 Å². The Balaban J connectivity index is 5.09. The molecule has 0 spiro atoms. The van der Waals surface area contributed by atoms with E-state index in [0.29, 0.717) is 0 Å². The average molecular weight is 215 g/mol. The van der Waals surface area contributed by atoms with Crippen molar-refractivity contribution in [2.75, 3.05) is 13.7 Å². The summed E-state index contributed by atoms with van der Waals surface area (Å²) in [6, 6.07) is 0. The van der Waals surface area contributed by atoms with Crippen molar-refractivity contribution in [1.82, 2.24) is 5.32 Å². The van der Waals surface area contributed by atoms with E-state index in [4.69, 9.17) is 0 Å². The Morgan fingerprint density at radius 1 is 1.43 bits per heavy atom. The highest BCUT2D eigenvalue weighted by molar-refractivity contribution is 5.90. The number of nitrogens with one attached hydrogen (secondary N) is 1. The van der Waals surface area contributed by atoms with Crippen LogP contribution in [-0.4, -0.2) is 25.8 Å². The molecule has 0 aromatic carbocycles. The lowest BCUT2D eigenvalue weighted by Gasteiger charge is -2.11. The SMILES string of the molecule is CCN/C(F)=C(\C(=O)OC)C(F)(F)F. The first kappa shape index (κ1) is 12.7. The highest BCUT2D eigenvalue weighted by Crippen LogP contribution is 2.28. The smallest absolute Gasteiger partial charge is 0.427 e. The van der Waals surface area contributed by atoms with E-state index in [1.807, 2.05) is 0 Å². The second-order valence-electron chi connectivity index (χ2n) is 2.21. The number of hydrogen-bond acceptors (Lipinski definition) is 3. The third-order valence-corrected chi connectivity index (χ3v) is 1.22. The van der Waals surface area contributed by atoms with E-state index in [0.717, 1.165) is 7.11 Å². The van der Waals surface area contributed by atoms with Crippen LogP contribution in [0.5, 0.6) is 0 Å². The predicted octanol–water partition coefficient (Wildman–Crippen LogP) is 1.51.